The van der Waals surface area contributed by atoms with E-state index in [1.165, 1.54) is 14.2 Å². The Balaban J connectivity index is 0.00000169. The third-order valence-electron chi connectivity index (χ3n) is 1.78. The highest BCUT2D eigenvalue weighted by Crippen LogP contribution is 2.31. The summed E-state index contributed by atoms with van der Waals surface area (Å²) in [5.41, 5.74) is 5.74. The van der Waals surface area contributed by atoms with E-state index in [1.54, 1.807) is 12.1 Å². The van der Waals surface area contributed by atoms with Gasteiger partial charge in [-0.3, -0.25) is 0 Å². The Hall–Kier alpha value is -1.00. The third kappa shape index (κ3) is 2.27. The zero-order chi connectivity index (χ0) is 9.84. The summed E-state index contributed by atoms with van der Waals surface area (Å²) in [6, 6.07) is 3.21. The van der Waals surface area contributed by atoms with Gasteiger partial charge in [0.2, 0.25) is 0 Å². The van der Waals surface area contributed by atoms with Crippen LogP contribution in [0.5, 0.6) is 11.5 Å². The van der Waals surface area contributed by atoms with Gasteiger partial charge in [-0.05, 0) is 6.07 Å². The summed E-state index contributed by atoms with van der Waals surface area (Å²) in [5, 5.41) is 0. The molecule has 1 aromatic rings. The van der Waals surface area contributed by atoms with Crippen molar-refractivity contribution in [3.05, 3.63) is 23.5 Å². The van der Waals surface area contributed by atoms with E-state index in [9.17, 15) is 4.39 Å². The van der Waals surface area contributed by atoms with Crippen molar-refractivity contribution in [1.82, 2.24) is 0 Å². The topological polar surface area (TPSA) is 44.5 Å². The van der Waals surface area contributed by atoms with Gasteiger partial charge in [0.15, 0.2) is 17.3 Å². The van der Waals surface area contributed by atoms with Crippen LogP contribution in [0.2, 0.25) is 0 Å². The fourth-order valence-electron chi connectivity index (χ4n) is 1.09. The molecule has 0 saturated heterocycles. The van der Waals surface area contributed by atoms with Crippen molar-refractivity contribution in [2.24, 2.45) is 5.73 Å². The van der Waals surface area contributed by atoms with Gasteiger partial charge < -0.3 is 15.2 Å². The summed E-state index contributed by atoms with van der Waals surface area (Å²) in [6.45, 7) is 0.145. The molecular formula is C9H13ClFNO2. The summed E-state index contributed by atoms with van der Waals surface area (Å²) < 4.78 is 23.2. The van der Waals surface area contributed by atoms with Crippen LogP contribution in [-0.4, -0.2) is 14.2 Å². The van der Waals surface area contributed by atoms with E-state index in [0.29, 0.717) is 11.3 Å². The van der Waals surface area contributed by atoms with Crippen LogP contribution in [0, 0.1) is 5.82 Å². The molecule has 14 heavy (non-hydrogen) atoms. The van der Waals surface area contributed by atoms with Crippen molar-refractivity contribution >= 4 is 12.4 Å². The molecule has 0 unspecified atom stereocenters. The highest BCUT2D eigenvalue weighted by atomic mass is 35.5. The van der Waals surface area contributed by atoms with Gasteiger partial charge in [-0.2, -0.15) is 0 Å². The molecule has 0 aromatic heterocycles. The van der Waals surface area contributed by atoms with Crippen molar-refractivity contribution in [2.45, 2.75) is 6.54 Å². The fourth-order valence-corrected chi connectivity index (χ4v) is 1.09. The summed E-state index contributed by atoms with van der Waals surface area (Å²) >= 11 is 0. The van der Waals surface area contributed by atoms with Gasteiger partial charge in [0.05, 0.1) is 14.2 Å². The molecule has 0 heterocycles. The molecule has 0 spiro atoms. The Kier molecular flexibility index (Phi) is 5.27. The smallest absolute Gasteiger partial charge is 0.197 e. The monoisotopic (exact) mass is 221 g/mol. The lowest BCUT2D eigenvalue weighted by molar-refractivity contribution is 0.336. The normalized spacial score (nSPS) is 9.14. The molecule has 0 aliphatic heterocycles. The van der Waals surface area contributed by atoms with Crippen molar-refractivity contribution in [1.29, 1.82) is 0 Å². The number of methoxy groups -OCH3 is 2. The Morgan fingerprint density at radius 2 is 1.93 bits per heavy atom. The first kappa shape index (κ1) is 13.0. The van der Waals surface area contributed by atoms with Crippen LogP contribution in [0.25, 0.3) is 0 Å². The molecule has 2 N–H and O–H groups in total. The first-order valence-electron chi connectivity index (χ1n) is 3.84. The van der Waals surface area contributed by atoms with Crippen molar-refractivity contribution in [3.8, 4) is 11.5 Å². The molecular weight excluding hydrogens is 209 g/mol. The first-order chi connectivity index (χ1) is 6.24. The van der Waals surface area contributed by atoms with E-state index in [4.69, 9.17) is 15.2 Å². The van der Waals surface area contributed by atoms with Gasteiger partial charge in [-0.1, -0.05) is 6.07 Å². The van der Waals surface area contributed by atoms with Crippen molar-refractivity contribution in [2.75, 3.05) is 14.2 Å². The Bertz CT molecular complexity index is 307. The molecule has 0 bridgehead atoms. The van der Waals surface area contributed by atoms with E-state index in [1.807, 2.05) is 0 Å². The maximum Gasteiger partial charge on any atom is 0.197 e. The van der Waals surface area contributed by atoms with Crippen LogP contribution < -0.4 is 15.2 Å². The van der Waals surface area contributed by atoms with Gasteiger partial charge in [-0.15, -0.1) is 12.4 Å². The van der Waals surface area contributed by atoms with Crippen molar-refractivity contribution < 1.29 is 13.9 Å². The van der Waals surface area contributed by atoms with E-state index in [-0.39, 0.29) is 24.7 Å². The predicted octanol–water partition coefficient (Wildman–Crippen LogP) is 1.72. The molecule has 5 heteroatoms. The summed E-state index contributed by atoms with van der Waals surface area (Å²) in [7, 11) is 2.85. The minimum Gasteiger partial charge on any atom is -0.493 e. The fraction of sp³-hybridized carbons (Fsp3) is 0.333. The van der Waals surface area contributed by atoms with Gasteiger partial charge in [0.25, 0.3) is 0 Å². The molecule has 1 rings (SSSR count). The highest BCUT2D eigenvalue weighted by Gasteiger charge is 2.13. The van der Waals surface area contributed by atoms with Gasteiger partial charge in [0, 0.05) is 12.1 Å². The maximum absolute atomic E-state index is 13.4. The highest BCUT2D eigenvalue weighted by molar-refractivity contribution is 5.85. The van der Waals surface area contributed by atoms with Crippen LogP contribution in [0.15, 0.2) is 12.1 Å². The van der Waals surface area contributed by atoms with Crippen LogP contribution >= 0.6 is 12.4 Å². The number of ether oxygens (including phenoxy) is 2. The van der Waals surface area contributed by atoms with Crippen LogP contribution in [0.1, 0.15) is 5.56 Å². The van der Waals surface area contributed by atoms with Gasteiger partial charge >= 0.3 is 0 Å². The molecule has 0 radical (unpaired) electrons. The maximum atomic E-state index is 13.4. The molecule has 0 fully saturated rings. The van der Waals surface area contributed by atoms with Crippen LogP contribution in [0.4, 0.5) is 4.39 Å². The standard InChI is InChI=1S/C9H12FNO2.ClH/c1-12-7-4-3-6(5-11)8(10)9(7)13-2;/h3-4H,5,11H2,1-2H3;1H. The third-order valence-corrected chi connectivity index (χ3v) is 1.78. The largest absolute Gasteiger partial charge is 0.493 e. The molecule has 0 atom stereocenters. The number of hydrogen-bond acceptors (Lipinski definition) is 3. The second kappa shape index (κ2) is 5.67. The zero-order valence-electron chi connectivity index (χ0n) is 8.04. The first-order valence-corrected chi connectivity index (χ1v) is 3.84. The second-order valence-electron chi connectivity index (χ2n) is 2.48. The lowest BCUT2D eigenvalue weighted by Crippen LogP contribution is -2.02. The van der Waals surface area contributed by atoms with E-state index < -0.39 is 5.82 Å². The number of benzene rings is 1. The van der Waals surface area contributed by atoms with Gasteiger partial charge in [0.1, 0.15) is 0 Å². The SMILES string of the molecule is COc1ccc(CN)c(F)c1OC.Cl. The predicted molar refractivity (Wildman–Crippen MR) is 54.6 cm³/mol. The summed E-state index contributed by atoms with van der Waals surface area (Å²) in [4.78, 5) is 0. The quantitative estimate of drug-likeness (QED) is 0.846. The number of halogens is 2. The Morgan fingerprint density at radius 3 is 2.36 bits per heavy atom. The summed E-state index contributed by atoms with van der Waals surface area (Å²) in [5.74, 6) is 0.0204. The number of nitrogens with two attached hydrogens (primary N) is 1. The average molecular weight is 222 g/mol. The minimum absolute atomic E-state index is 0. The van der Waals surface area contributed by atoms with Crippen LogP contribution in [0.3, 0.4) is 0 Å². The Morgan fingerprint density at radius 1 is 1.29 bits per heavy atom. The van der Waals surface area contributed by atoms with E-state index in [2.05, 4.69) is 0 Å². The average Bonchev–Trinajstić information content (AvgIpc) is 2.17. The molecule has 1 aromatic carbocycles. The van der Waals surface area contributed by atoms with Crippen molar-refractivity contribution in [3.63, 3.8) is 0 Å². The second-order valence-corrected chi connectivity index (χ2v) is 2.48. The molecule has 0 aliphatic carbocycles. The molecule has 0 amide bonds. The molecule has 0 aliphatic rings. The summed E-state index contributed by atoms with van der Waals surface area (Å²) in [6.07, 6.45) is 0. The number of rotatable bonds is 3. The molecule has 0 saturated carbocycles. The molecule has 3 nitrogen and oxygen atoms in total. The van der Waals surface area contributed by atoms with E-state index >= 15 is 0 Å². The lowest BCUT2D eigenvalue weighted by atomic mass is 10.2. The van der Waals surface area contributed by atoms with Crippen LogP contribution in [-0.2, 0) is 6.54 Å². The number of hydrogen-bond donors (Lipinski definition) is 1. The lowest BCUT2D eigenvalue weighted by Gasteiger charge is -2.10. The zero-order valence-corrected chi connectivity index (χ0v) is 8.86. The Labute approximate surface area is 88.4 Å². The van der Waals surface area contributed by atoms with E-state index in [0.717, 1.165) is 0 Å². The molecule has 80 valence electrons. The van der Waals surface area contributed by atoms with Gasteiger partial charge in [-0.25, -0.2) is 4.39 Å². The minimum atomic E-state index is -0.454.